The molecule has 1 fully saturated rings. The summed E-state index contributed by atoms with van der Waals surface area (Å²) < 4.78 is 0. The molecule has 2 heteroatoms. The fourth-order valence-corrected chi connectivity index (χ4v) is 1.52. The predicted molar refractivity (Wildman–Crippen MR) is 45.5 cm³/mol. The molecule has 1 N–H and O–H groups in total. The van der Waals surface area contributed by atoms with Crippen molar-refractivity contribution in [1.29, 1.82) is 0 Å². The van der Waals surface area contributed by atoms with E-state index in [1.165, 1.54) is 0 Å². The Morgan fingerprint density at radius 2 is 2.09 bits per heavy atom. The number of carbonyl (C=O) groups excluding carboxylic acids is 1. The quantitative estimate of drug-likeness (QED) is 0.666. The van der Waals surface area contributed by atoms with E-state index in [0.717, 1.165) is 12.8 Å². The van der Waals surface area contributed by atoms with E-state index in [-0.39, 0.29) is 5.54 Å². The van der Waals surface area contributed by atoms with Crippen LogP contribution in [-0.2, 0) is 4.79 Å². The summed E-state index contributed by atoms with van der Waals surface area (Å²) in [6.07, 6.45) is 2.75. The number of rotatable bonds is 4. The van der Waals surface area contributed by atoms with Gasteiger partial charge in [0.1, 0.15) is 0 Å². The number of carbonyl (C=O) groups is 1. The van der Waals surface area contributed by atoms with E-state index in [1.54, 1.807) is 0 Å². The van der Waals surface area contributed by atoms with Gasteiger partial charge in [0, 0.05) is 12.5 Å². The summed E-state index contributed by atoms with van der Waals surface area (Å²) >= 11 is 0. The number of ketones is 1. The third-order valence-electron chi connectivity index (χ3n) is 2.17. The summed E-state index contributed by atoms with van der Waals surface area (Å²) in [5.41, 5.74) is -0.108. The van der Waals surface area contributed by atoms with Crippen molar-refractivity contribution in [2.45, 2.75) is 51.6 Å². The molecule has 0 aromatic rings. The van der Waals surface area contributed by atoms with Crippen molar-refractivity contribution in [3.05, 3.63) is 0 Å². The van der Waals surface area contributed by atoms with E-state index in [0.29, 0.717) is 18.2 Å². The van der Waals surface area contributed by atoms with Gasteiger partial charge in [-0.3, -0.25) is 4.79 Å². The highest BCUT2D eigenvalue weighted by Crippen LogP contribution is 2.37. The zero-order valence-corrected chi connectivity index (χ0v) is 7.61. The highest BCUT2D eigenvalue weighted by Gasteiger charge is 2.48. The molecule has 0 bridgehead atoms. The van der Waals surface area contributed by atoms with E-state index in [9.17, 15) is 4.79 Å². The lowest BCUT2D eigenvalue weighted by Gasteiger charge is -2.17. The molecule has 0 atom stereocenters. The Morgan fingerprint density at radius 3 is 2.36 bits per heavy atom. The minimum absolute atomic E-state index is 0.108. The summed E-state index contributed by atoms with van der Waals surface area (Å²) in [4.78, 5) is 11.4. The molecule has 1 aliphatic rings. The highest BCUT2D eigenvalue weighted by atomic mass is 16.1. The van der Waals surface area contributed by atoms with Crippen molar-refractivity contribution < 1.29 is 4.79 Å². The normalized spacial score (nSPS) is 20.4. The van der Waals surface area contributed by atoms with Crippen LogP contribution in [0.5, 0.6) is 0 Å². The first-order valence-electron chi connectivity index (χ1n) is 4.42. The lowest BCUT2D eigenvalue weighted by Crippen LogP contribution is -2.42. The molecule has 0 aromatic carbocycles. The Hall–Kier alpha value is -0.370. The summed E-state index contributed by atoms with van der Waals surface area (Å²) in [5.74, 6) is 0.381. The molecule has 11 heavy (non-hydrogen) atoms. The van der Waals surface area contributed by atoms with Gasteiger partial charge in [0.15, 0.2) is 5.78 Å². The molecule has 0 spiro atoms. The van der Waals surface area contributed by atoms with Crippen molar-refractivity contribution in [2.24, 2.45) is 0 Å². The molecule has 0 radical (unpaired) electrons. The van der Waals surface area contributed by atoms with Crippen LogP contribution >= 0.6 is 0 Å². The summed E-state index contributed by atoms with van der Waals surface area (Å²) in [6, 6.07) is 0.424. The highest BCUT2D eigenvalue weighted by molar-refractivity contribution is 5.91. The molecular formula is C9H17NO. The number of hydrogen-bond donors (Lipinski definition) is 1. The van der Waals surface area contributed by atoms with Gasteiger partial charge in [-0.15, -0.1) is 0 Å². The van der Waals surface area contributed by atoms with Crippen molar-refractivity contribution in [3.8, 4) is 0 Å². The molecule has 1 saturated carbocycles. The third kappa shape index (κ3) is 1.80. The molecule has 2 nitrogen and oxygen atoms in total. The summed E-state index contributed by atoms with van der Waals surface area (Å²) in [6.45, 7) is 6.11. The van der Waals surface area contributed by atoms with Crippen LogP contribution in [0, 0.1) is 0 Å². The van der Waals surface area contributed by atoms with Crippen LogP contribution in [0.15, 0.2) is 0 Å². The largest absolute Gasteiger partial charge is 0.303 e. The average molecular weight is 155 g/mol. The Morgan fingerprint density at radius 1 is 1.55 bits per heavy atom. The van der Waals surface area contributed by atoms with Gasteiger partial charge in [-0.05, 0) is 26.7 Å². The fourth-order valence-electron chi connectivity index (χ4n) is 1.52. The van der Waals surface area contributed by atoms with Gasteiger partial charge in [-0.1, -0.05) is 6.92 Å². The van der Waals surface area contributed by atoms with Crippen molar-refractivity contribution in [1.82, 2.24) is 5.32 Å². The topological polar surface area (TPSA) is 29.1 Å². The van der Waals surface area contributed by atoms with Crippen LogP contribution in [0.2, 0.25) is 0 Å². The Labute approximate surface area is 68.4 Å². The van der Waals surface area contributed by atoms with Crippen molar-refractivity contribution >= 4 is 5.78 Å². The molecule has 0 saturated heterocycles. The van der Waals surface area contributed by atoms with Gasteiger partial charge in [-0.25, -0.2) is 0 Å². The minimum Gasteiger partial charge on any atom is -0.303 e. The lowest BCUT2D eigenvalue weighted by molar-refractivity contribution is -0.121. The molecule has 0 aromatic heterocycles. The fraction of sp³-hybridized carbons (Fsp3) is 0.889. The second kappa shape index (κ2) is 2.94. The first kappa shape index (κ1) is 8.72. The van der Waals surface area contributed by atoms with E-state index in [2.05, 4.69) is 19.2 Å². The van der Waals surface area contributed by atoms with Crippen LogP contribution in [0.25, 0.3) is 0 Å². The second-order valence-electron chi connectivity index (χ2n) is 3.66. The standard InChI is InChI=1S/C9H17NO/c1-4-8(11)9(5-6-9)10-7(2)3/h7,10H,4-6H2,1-3H3. The average Bonchev–Trinajstić information content (AvgIpc) is 2.67. The van der Waals surface area contributed by atoms with Crippen LogP contribution < -0.4 is 5.32 Å². The van der Waals surface area contributed by atoms with E-state index in [4.69, 9.17) is 0 Å². The minimum atomic E-state index is -0.108. The maximum absolute atomic E-state index is 11.4. The van der Waals surface area contributed by atoms with Gasteiger partial charge in [-0.2, -0.15) is 0 Å². The molecule has 0 unspecified atom stereocenters. The molecule has 1 aliphatic carbocycles. The number of hydrogen-bond acceptors (Lipinski definition) is 2. The Kier molecular flexibility index (Phi) is 2.33. The lowest BCUT2D eigenvalue weighted by atomic mass is 10.1. The van der Waals surface area contributed by atoms with Gasteiger partial charge in [0.2, 0.25) is 0 Å². The second-order valence-corrected chi connectivity index (χ2v) is 3.66. The van der Waals surface area contributed by atoms with Gasteiger partial charge < -0.3 is 5.32 Å². The van der Waals surface area contributed by atoms with Gasteiger partial charge in [0.05, 0.1) is 5.54 Å². The van der Waals surface area contributed by atoms with Gasteiger partial charge >= 0.3 is 0 Å². The first-order valence-corrected chi connectivity index (χ1v) is 4.42. The maximum atomic E-state index is 11.4. The molecule has 0 amide bonds. The maximum Gasteiger partial charge on any atom is 0.152 e. The van der Waals surface area contributed by atoms with E-state index in [1.807, 2.05) is 6.92 Å². The van der Waals surface area contributed by atoms with Crippen LogP contribution in [0.4, 0.5) is 0 Å². The zero-order valence-electron chi connectivity index (χ0n) is 7.61. The molecule has 0 heterocycles. The summed E-state index contributed by atoms with van der Waals surface area (Å²) in [5, 5.41) is 3.33. The molecule has 0 aliphatic heterocycles. The van der Waals surface area contributed by atoms with Crippen LogP contribution in [-0.4, -0.2) is 17.4 Å². The predicted octanol–water partition coefficient (Wildman–Crippen LogP) is 1.50. The summed E-state index contributed by atoms with van der Waals surface area (Å²) in [7, 11) is 0. The van der Waals surface area contributed by atoms with Gasteiger partial charge in [0.25, 0.3) is 0 Å². The molecule has 64 valence electrons. The third-order valence-corrected chi connectivity index (χ3v) is 2.17. The van der Waals surface area contributed by atoms with E-state index >= 15 is 0 Å². The zero-order chi connectivity index (χ0) is 8.48. The van der Waals surface area contributed by atoms with Crippen LogP contribution in [0.1, 0.15) is 40.0 Å². The Bertz CT molecular complexity index is 159. The van der Waals surface area contributed by atoms with E-state index < -0.39 is 0 Å². The Balaban J connectivity index is 2.47. The monoisotopic (exact) mass is 155 g/mol. The molecular weight excluding hydrogens is 138 g/mol. The first-order chi connectivity index (χ1) is 5.10. The smallest absolute Gasteiger partial charge is 0.152 e. The van der Waals surface area contributed by atoms with Crippen molar-refractivity contribution in [3.63, 3.8) is 0 Å². The van der Waals surface area contributed by atoms with Crippen LogP contribution in [0.3, 0.4) is 0 Å². The SMILES string of the molecule is CCC(=O)C1(NC(C)C)CC1. The number of nitrogens with one attached hydrogen (secondary N) is 1. The number of Topliss-reactive ketones (excluding diaryl/α,β-unsaturated/α-hetero) is 1. The van der Waals surface area contributed by atoms with Crippen molar-refractivity contribution in [2.75, 3.05) is 0 Å². The molecule has 1 rings (SSSR count).